The maximum absolute atomic E-state index is 11.3. The number of aromatic nitrogens is 2. The summed E-state index contributed by atoms with van der Waals surface area (Å²) in [5.41, 5.74) is 1.80. The number of fused-ring (bicyclic) bond motifs is 1. The Kier molecular flexibility index (Phi) is 4.61. The number of rotatable bonds is 5. The molecule has 0 atom stereocenters. The monoisotopic (exact) mass is 298 g/mol. The van der Waals surface area contributed by atoms with Gasteiger partial charge in [-0.05, 0) is 37.7 Å². The van der Waals surface area contributed by atoms with Crippen LogP contribution in [0.4, 0.5) is 0 Å². The van der Waals surface area contributed by atoms with Crippen molar-refractivity contribution in [1.82, 2.24) is 9.55 Å². The van der Waals surface area contributed by atoms with Crippen molar-refractivity contribution in [3.8, 4) is 0 Å². The fourth-order valence-corrected chi connectivity index (χ4v) is 2.49. The zero-order valence-electron chi connectivity index (χ0n) is 10.6. The molecule has 19 heavy (non-hydrogen) atoms. The largest absolute Gasteiger partial charge is 0.466 e. The van der Waals surface area contributed by atoms with Crippen molar-refractivity contribution < 1.29 is 9.53 Å². The predicted molar refractivity (Wildman–Crippen MR) is 78.0 cm³/mol. The van der Waals surface area contributed by atoms with Crippen LogP contribution in [0.3, 0.4) is 0 Å². The Morgan fingerprint density at radius 1 is 1.53 bits per heavy atom. The summed E-state index contributed by atoms with van der Waals surface area (Å²) in [5.74, 6) is -0.174. The highest BCUT2D eigenvalue weighted by molar-refractivity contribution is 7.71. The maximum Gasteiger partial charge on any atom is 0.305 e. The molecule has 0 bridgehead atoms. The van der Waals surface area contributed by atoms with Gasteiger partial charge in [0.2, 0.25) is 0 Å². The number of ether oxygens (including phenoxy) is 1. The summed E-state index contributed by atoms with van der Waals surface area (Å²) in [7, 11) is 0. The average Bonchev–Trinajstić information content (AvgIpc) is 2.68. The van der Waals surface area contributed by atoms with Crippen molar-refractivity contribution in [3.05, 3.63) is 28.0 Å². The van der Waals surface area contributed by atoms with Crippen molar-refractivity contribution in [2.24, 2.45) is 0 Å². The molecular weight excluding hydrogens is 284 g/mol. The molecule has 2 rings (SSSR count). The van der Waals surface area contributed by atoms with E-state index in [2.05, 4.69) is 4.98 Å². The standard InChI is InChI=1S/C13H15ClN2O2S/c1-2-18-11(17)7-4-8-16-10-6-3-5-9(14)12(10)15-13(16)19/h3,5-6H,2,4,7-8H2,1H3,(H,15,19). The topological polar surface area (TPSA) is 47.0 Å². The summed E-state index contributed by atoms with van der Waals surface area (Å²) in [6, 6.07) is 5.66. The number of esters is 1. The Morgan fingerprint density at radius 2 is 2.32 bits per heavy atom. The molecule has 4 nitrogen and oxygen atoms in total. The number of halogens is 1. The number of carbonyl (C=O) groups excluding carboxylic acids is 1. The quantitative estimate of drug-likeness (QED) is 0.676. The number of imidazole rings is 1. The minimum absolute atomic E-state index is 0.174. The Balaban J connectivity index is 2.13. The average molecular weight is 299 g/mol. The minimum atomic E-state index is -0.174. The fourth-order valence-electron chi connectivity index (χ4n) is 1.98. The number of aromatic amines is 1. The fraction of sp³-hybridized carbons (Fsp3) is 0.385. The predicted octanol–water partition coefficient (Wildman–Crippen LogP) is 3.70. The van der Waals surface area contributed by atoms with Gasteiger partial charge in [0.1, 0.15) is 0 Å². The second-order valence-corrected chi connectivity index (χ2v) is 4.92. The third-order valence-corrected chi connectivity index (χ3v) is 3.46. The zero-order chi connectivity index (χ0) is 13.8. The molecule has 1 N–H and O–H groups in total. The Labute approximate surface area is 121 Å². The van der Waals surface area contributed by atoms with Crippen molar-refractivity contribution in [3.63, 3.8) is 0 Å². The number of hydrogen-bond acceptors (Lipinski definition) is 3. The Bertz CT molecular complexity index is 648. The van der Waals surface area contributed by atoms with Gasteiger partial charge in [0.15, 0.2) is 4.77 Å². The van der Waals surface area contributed by atoms with Crippen LogP contribution in [0.25, 0.3) is 11.0 Å². The number of H-pyrrole nitrogens is 1. The molecule has 0 aliphatic heterocycles. The second-order valence-electron chi connectivity index (χ2n) is 4.12. The molecule has 0 aliphatic rings. The molecule has 0 aliphatic carbocycles. The van der Waals surface area contributed by atoms with Crippen LogP contribution in [0, 0.1) is 4.77 Å². The molecular formula is C13H15ClN2O2S. The number of nitrogens with zero attached hydrogens (tertiary/aromatic N) is 1. The highest BCUT2D eigenvalue weighted by Crippen LogP contribution is 2.22. The van der Waals surface area contributed by atoms with Gasteiger partial charge in [0.25, 0.3) is 0 Å². The van der Waals surface area contributed by atoms with Gasteiger partial charge in [-0.15, -0.1) is 0 Å². The summed E-state index contributed by atoms with van der Waals surface area (Å²) in [5, 5.41) is 0.646. The number of nitrogens with one attached hydrogen (secondary N) is 1. The lowest BCUT2D eigenvalue weighted by Gasteiger charge is -2.04. The van der Waals surface area contributed by atoms with Crippen LogP contribution < -0.4 is 0 Å². The first kappa shape index (κ1) is 14.1. The van der Waals surface area contributed by atoms with Crippen molar-refractivity contribution in [1.29, 1.82) is 0 Å². The van der Waals surface area contributed by atoms with Crippen molar-refractivity contribution in [2.75, 3.05) is 6.61 Å². The van der Waals surface area contributed by atoms with Crippen LogP contribution in [-0.4, -0.2) is 22.1 Å². The lowest BCUT2D eigenvalue weighted by molar-refractivity contribution is -0.143. The van der Waals surface area contributed by atoms with Crippen LogP contribution in [-0.2, 0) is 16.1 Å². The number of benzene rings is 1. The van der Waals surface area contributed by atoms with E-state index in [1.807, 2.05) is 22.8 Å². The van der Waals surface area contributed by atoms with Gasteiger partial charge in [-0.2, -0.15) is 0 Å². The molecule has 1 aromatic carbocycles. The lowest BCUT2D eigenvalue weighted by Crippen LogP contribution is -2.06. The molecule has 0 unspecified atom stereocenters. The molecule has 1 heterocycles. The first-order valence-electron chi connectivity index (χ1n) is 6.16. The van der Waals surface area contributed by atoms with Crippen LogP contribution in [0.5, 0.6) is 0 Å². The number of aryl methyl sites for hydroxylation is 1. The van der Waals surface area contributed by atoms with E-state index in [1.54, 1.807) is 6.92 Å². The van der Waals surface area contributed by atoms with E-state index in [0.29, 0.717) is 35.8 Å². The third kappa shape index (κ3) is 3.16. The molecule has 102 valence electrons. The molecule has 6 heteroatoms. The maximum atomic E-state index is 11.3. The number of hydrogen-bond donors (Lipinski definition) is 1. The number of para-hydroxylation sites is 1. The molecule has 0 fully saturated rings. The zero-order valence-corrected chi connectivity index (χ0v) is 12.2. The highest BCUT2D eigenvalue weighted by atomic mass is 35.5. The van der Waals surface area contributed by atoms with E-state index in [4.69, 9.17) is 28.6 Å². The molecule has 0 amide bonds. The van der Waals surface area contributed by atoms with E-state index in [9.17, 15) is 4.79 Å². The van der Waals surface area contributed by atoms with E-state index >= 15 is 0 Å². The minimum Gasteiger partial charge on any atom is -0.466 e. The smallest absolute Gasteiger partial charge is 0.305 e. The SMILES string of the molecule is CCOC(=O)CCCn1c(=S)[nH]c2c(Cl)cccc21. The lowest BCUT2D eigenvalue weighted by atomic mass is 10.3. The summed E-state index contributed by atoms with van der Waals surface area (Å²) < 4.78 is 7.47. The summed E-state index contributed by atoms with van der Waals surface area (Å²) >= 11 is 11.4. The van der Waals surface area contributed by atoms with Crippen molar-refractivity contribution in [2.45, 2.75) is 26.3 Å². The first-order chi connectivity index (χ1) is 9.13. The summed E-state index contributed by atoms with van der Waals surface area (Å²) in [4.78, 5) is 14.4. The molecule has 2 aromatic rings. The molecule has 0 radical (unpaired) electrons. The van der Waals surface area contributed by atoms with Gasteiger partial charge >= 0.3 is 5.97 Å². The van der Waals surface area contributed by atoms with Gasteiger partial charge in [-0.1, -0.05) is 17.7 Å². The molecule has 0 saturated heterocycles. The molecule has 0 saturated carbocycles. The first-order valence-corrected chi connectivity index (χ1v) is 6.94. The van der Waals surface area contributed by atoms with Gasteiger partial charge in [0, 0.05) is 13.0 Å². The summed E-state index contributed by atoms with van der Waals surface area (Å²) in [6.07, 6.45) is 1.08. The Hall–Kier alpha value is -1.33. The van der Waals surface area contributed by atoms with Crippen molar-refractivity contribution >= 4 is 40.8 Å². The van der Waals surface area contributed by atoms with E-state index in [0.717, 1.165) is 11.0 Å². The Morgan fingerprint density at radius 3 is 3.05 bits per heavy atom. The van der Waals surface area contributed by atoms with E-state index in [1.165, 1.54) is 0 Å². The van der Waals surface area contributed by atoms with Crippen LogP contribution in [0.2, 0.25) is 5.02 Å². The van der Waals surface area contributed by atoms with E-state index in [-0.39, 0.29) is 5.97 Å². The third-order valence-electron chi connectivity index (χ3n) is 2.83. The number of carbonyl (C=O) groups is 1. The van der Waals surface area contributed by atoms with Gasteiger partial charge < -0.3 is 14.3 Å². The highest BCUT2D eigenvalue weighted by Gasteiger charge is 2.08. The molecule has 0 spiro atoms. The summed E-state index contributed by atoms with van der Waals surface area (Å²) in [6.45, 7) is 2.88. The van der Waals surface area contributed by atoms with Crippen LogP contribution >= 0.6 is 23.8 Å². The second kappa shape index (κ2) is 6.21. The van der Waals surface area contributed by atoms with Crippen LogP contribution in [0.15, 0.2) is 18.2 Å². The van der Waals surface area contributed by atoms with E-state index < -0.39 is 0 Å². The van der Waals surface area contributed by atoms with Gasteiger partial charge in [0.05, 0.1) is 22.7 Å². The normalized spacial score (nSPS) is 10.8. The van der Waals surface area contributed by atoms with Gasteiger partial charge in [-0.3, -0.25) is 4.79 Å². The van der Waals surface area contributed by atoms with Gasteiger partial charge in [-0.25, -0.2) is 0 Å². The van der Waals surface area contributed by atoms with Crippen LogP contribution in [0.1, 0.15) is 19.8 Å². The molecule has 1 aromatic heterocycles.